The van der Waals surface area contributed by atoms with Crippen LogP contribution in [0.1, 0.15) is 37.0 Å². The van der Waals surface area contributed by atoms with E-state index in [1.54, 1.807) is 0 Å². The van der Waals surface area contributed by atoms with Crippen LogP contribution < -0.4 is 5.32 Å². The lowest BCUT2D eigenvalue weighted by molar-refractivity contribution is 0.0937. The number of rotatable bonds is 6. The van der Waals surface area contributed by atoms with E-state index < -0.39 is 37.1 Å². The van der Waals surface area contributed by atoms with Crippen molar-refractivity contribution in [3.63, 3.8) is 0 Å². The molecule has 4 nitrogen and oxygen atoms in total. The molecule has 0 aliphatic heterocycles. The Balaban J connectivity index is 3.10. The molecule has 0 saturated carbocycles. The predicted octanol–water partition coefficient (Wildman–Crippen LogP) is 3.06. The molecule has 8 heteroatoms. The van der Waals surface area contributed by atoms with E-state index in [0.29, 0.717) is 12.1 Å². The molecule has 0 atom stereocenters. The summed E-state index contributed by atoms with van der Waals surface area (Å²) < 4.78 is 50.0. The van der Waals surface area contributed by atoms with E-state index in [-0.39, 0.29) is 12.5 Å². The summed E-state index contributed by atoms with van der Waals surface area (Å²) in [6, 6.07) is 1.38. The first kappa shape index (κ1) is 17.8. The van der Waals surface area contributed by atoms with Gasteiger partial charge in [0.2, 0.25) is 0 Å². The van der Waals surface area contributed by atoms with Crippen LogP contribution in [0.3, 0.4) is 0 Å². The highest BCUT2D eigenvalue weighted by Crippen LogP contribution is 2.24. The molecule has 0 aliphatic carbocycles. The molecule has 0 bridgehead atoms. The van der Waals surface area contributed by atoms with E-state index >= 15 is 0 Å². The van der Waals surface area contributed by atoms with Gasteiger partial charge in [0.25, 0.3) is 15.0 Å². The summed E-state index contributed by atoms with van der Waals surface area (Å²) >= 11 is 0. The Hall–Kier alpha value is -1.21. The molecule has 118 valence electrons. The van der Waals surface area contributed by atoms with Gasteiger partial charge in [0.1, 0.15) is 16.3 Å². The van der Waals surface area contributed by atoms with Crippen LogP contribution in [0.25, 0.3) is 0 Å². The largest absolute Gasteiger partial charge is 0.352 e. The van der Waals surface area contributed by atoms with Gasteiger partial charge in [-0.15, -0.1) is 0 Å². The standard InChI is InChI=1S/C13H16ClF2NO3S/c1-3-8(4-2)7-17-13(18)11-9(15)5-6-10(12(11)16)21(14,19)20/h5-6,8H,3-4,7H2,1-2H3,(H,17,18). The van der Waals surface area contributed by atoms with Crippen molar-refractivity contribution in [1.82, 2.24) is 5.32 Å². The van der Waals surface area contributed by atoms with Crippen molar-refractivity contribution >= 4 is 25.6 Å². The quantitative estimate of drug-likeness (QED) is 0.810. The summed E-state index contributed by atoms with van der Waals surface area (Å²) in [5, 5.41) is 2.40. The number of hydrogen-bond acceptors (Lipinski definition) is 3. The Labute approximate surface area is 126 Å². The van der Waals surface area contributed by atoms with Crippen molar-refractivity contribution in [3.05, 3.63) is 29.3 Å². The van der Waals surface area contributed by atoms with Crippen molar-refractivity contribution in [3.8, 4) is 0 Å². The number of benzene rings is 1. The molecular formula is C13H16ClF2NO3S. The summed E-state index contributed by atoms with van der Waals surface area (Å²) in [6.45, 7) is 4.12. The van der Waals surface area contributed by atoms with Crippen molar-refractivity contribution < 1.29 is 22.0 Å². The van der Waals surface area contributed by atoms with E-state index in [1.807, 2.05) is 13.8 Å². The highest BCUT2D eigenvalue weighted by molar-refractivity contribution is 8.13. The first-order valence-corrected chi connectivity index (χ1v) is 8.74. The predicted molar refractivity (Wildman–Crippen MR) is 75.8 cm³/mol. The fraction of sp³-hybridized carbons (Fsp3) is 0.462. The minimum atomic E-state index is -4.40. The van der Waals surface area contributed by atoms with Gasteiger partial charge in [-0.05, 0) is 18.1 Å². The van der Waals surface area contributed by atoms with Crippen LogP contribution in [0, 0.1) is 17.6 Å². The maximum absolute atomic E-state index is 14.0. The van der Waals surface area contributed by atoms with Gasteiger partial charge in [0, 0.05) is 17.2 Å². The Kier molecular flexibility index (Phi) is 6.10. The number of carbonyl (C=O) groups is 1. The lowest BCUT2D eigenvalue weighted by Gasteiger charge is -2.14. The second-order valence-electron chi connectivity index (χ2n) is 4.56. The minimum absolute atomic E-state index is 0.181. The summed E-state index contributed by atoms with van der Waals surface area (Å²) in [5.74, 6) is -3.44. The van der Waals surface area contributed by atoms with Crippen LogP contribution in [0.15, 0.2) is 17.0 Å². The Morgan fingerprint density at radius 3 is 2.33 bits per heavy atom. The summed E-state index contributed by atoms with van der Waals surface area (Å²) in [4.78, 5) is 11.0. The molecule has 0 saturated heterocycles. The first-order valence-electron chi connectivity index (χ1n) is 6.43. The van der Waals surface area contributed by atoms with Crippen molar-refractivity contribution in [1.29, 1.82) is 0 Å². The summed E-state index contributed by atoms with van der Waals surface area (Å²) in [7, 11) is 0.647. The number of amides is 1. The van der Waals surface area contributed by atoms with Crippen LogP contribution in [-0.2, 0) is 9.05 Å². The molecule has 0 radical (unpaired) electrons. The van der Waals surface area contributed by atoms with Crippen LogP contribution in [0.5, 0.6) is 0 Å². The van der Waals surface area contributed by atoms with E-state index in [9.17, 15) is 22.0 Å². The molecule has 0 heterocycles. The maximum Gasteiger partial charge on any atom is 0.264 e. The zero-order valence-electron chi connectivity index (χ0n) is 11.6. The van der Waals surface area contributed by atoms with E-state index in [0.717, 1.165) is 12.8 Å². The van der Waals surface area contributed by atoms with Crippen molar-refractivity contribution in [2.24, 2.45) is 5.92 Å². The number of halogens is 3. The Morgan fingerprint density at radius 1 is 1.29 bits per heavy atom. The topological polar surface area (TPSA) is 63.2 Å². The highest BCUT2D eigenvalue weighted by atomic mass is 35.7. The highest BCUT2D eigenvalue weighted by Gasteiger charge is 2.26. The zero-order valence-corrected chi connectivity index (χ0v) is 13.2. The van der Waals surface area contributed by atoms with Crippen LogP contribution in [0.2, 0.25) is 0 Å². The minimum Gasteiger partial charge on any atom is -0.352 e. The molecule has 1 N–H and O–H groups in total. The summed E-state index contributed by atoms with van der Waals surface area (Å²) in [5.41, 5.74) is -0.942. The van der Waals surface area contributed by atoms with Gasteiger partial charge in [0.15, 0.2) is 5.82 Å². The van der Waals surface area contributed by atoms with Crippen LogP contribution in [0.4, 0.5) is 8.78 Å². The normalized spacial score (nSPS) is 11.7. The molecule has 0 fully saturated rings. The Bertz CT molecular complexity index is 631. The first-order chi connectivity index (χ1) is 9.72. The SMILES string of the molecule is CCC(CC)CNC(=O)c1c(F)ccc(S(=O)(=O)Cl)c1F. The second-order valence-corrected chi connectivity index (χ2v) is 7.10. The summed E-state index contributed by atoms with van der Waals surface area (Å²) in [6.07, 6.45) is 1.61. The molecule has 1 amide bonds. The van der Waals surface area contributed by atoms with E-state index in [4.69, 9.17) is 10.7 Å². The fourth-order valence-corrected chi connectivity index (χ4v) is 2.74. The number of hydrogen-bond donors (Lipinski definition) is 1. The maximum atomic E-state index is 14.0. The third kappa shape index (κ3) is 4.38. The van der Waals surface area contributed by atoms with Crippen LogP contribution >= 0.6 is 10.7 Å². The fourth-order valence-electron chi connectivity index (χ4n) is 1.83. The van der Waals surface area contributed by atoms with Gasteiger partial charge < -0.3 is 5.32 Å². The molecular weight excluding hydrogens is 324 g/mol. The van der Waals surface area contributed by atoms with Gasteiger partial charge in [-0.1, -0.05) is 26.7 Å². The van der Waals surface area contributed by atoms with Crippen molar-refractivity contribution in [2.75, 3.05) is 6.54 Å². The van der Waals surface area contributed by atoms with Crippen LogP contribution in [-0.4, -0.2) is 20.9 Å². The molecule has 1 aromatic carbocycles. The monoisotopic (exact) mass is 339 g/mol. The molecule has 1 rings (SSSR count). The Morgan fingerprint density at radius 2 is 1.86 bits per heavy atom. The molecule has 0 spiro atoms. The number of carbonyl (C=O) groups excluding carboxylic acids is 1. The molecule has 21 heavy (non-hydrogen) atoms. The van der Waals surface area contributed by atoms with Gasteiger partial charge in [-0.3, -0.25) is 4.79 Å². The molecule has 1 aromatic rings. The smallest absolute Gasteiger partial charge is 0.264 e. The average Bonchev–Trinajstić information content (AvgIpc) is 2.38. The number of nitrogens with one attached hydrogen (secondary N) is 1. The zero-order chi connectivity index (χ0) is 16.2. The van der Waals surface area contributed by atoms with E-state index in [1.165, 1.54) is 0 Å². The lowest BCUT2D eigenvalue weighted by atomic mass is 10.0. The van der Waals surface area contributed by atoms with Crippen molar-refractivity contribution in [2.45, 2.75) is 31.6 Å². The third-order valence-electron chi connectivity index (χ3n) is 3.25. The second kappa shape index (κ2) is 7.17. The lowest BCUT2D eigenvalue weighted by Crippen LogP contribution is -2.30. The molecule has 0 unspecified atom stereocenters. The van der Waals surface area contributed by atoms with Gasteiger partial charge >= 0.3 is 0 Å². The third-order valence-corrected chi connectivity index (χ3v) is 4.59. The molecule has 0 aliphatic rings. The van der Waals surface area contributed by atoms with Gasteiger partial charge in [-0.25, -0.2) is 17.2 Å². The van der Waals surface area contributed by atoms with Gasteiger partial charge in [-0.2, -0.15) is 0 Å². The average molecular weight is 340 g/mol. The molecule has 0 aromatic heterocycles. The van der Waals surface area contributed by atoms with Gasteiger partial charge in [0.05, 0.1) is 0 Å². The van der Waals surface area contributed by atoms with E-state index in [2.05, 4.69) is 5.32 Å².